The first kappa shape index (κ1) is 34.5. The van der Waals surface area contributed by atoms with E-state index in [-0.39, 0.29) is 5.82 Å². The molecule has 7 heteroatoms. The van der Waals surface area contributed by atoms with Gasteiger partial charge in [-0.2, -0.15) is 5.10 Å². The minimum atomic E-state index is -0.260. The molecule has 1 saturated heterocycles. The number of halogens is 1. The summed E-state index contributed by atoms with van der Waals surface area (Å²) < 4.78 is 15.0. The zero-order valence-corrected chi connectivity index (χ0v) is 28.2. The largest absolute Gasteiger partial charge is 0.357 e. The molecule has 2 aromatic heterocycles. The second-order valence-corrected chi connectivity index (χ2v) is 12.1. The number of nitrogens with one attached hydrogen (secondary N) is 2. The van der Waals surface area contributed by atoms with Crippen molar-refractivity contribution in [3.8, 4) is 11.4 Å². The first-order valence-electron chi connectivity index (χ1n) is 16.1. The summed E-state index contributed by atoms with van der Waals surface area (Å²) in [6.07, 6.45) is 16.0. The molecule has 1 fully saturated rings. The standard InChI is InChI=1S/C39H49FN6/c1-9-29(26-45(7)8)21-31(10-2)27(5)20-35-36(11-3)43-44-39(35)37-25-34(28(6)42-37)38(41-12-4)32-22-30(23-33(40)24-32)16-15-19-46-17-13-14-18-46/h9-12,20-25,42-43H,1,4-5,13-19,26H2,2-3,6-8H3/b29-21+,31-10+,35-20+,36-11+,41-38?. The normalized spacial score (nSPS) is 15.8. The summed E-state index contributed by atoms with van der Waals surface area (Å²) in [6.45, 7) is 22.4. The van der Waals surface area contributed by atoms with Crippen molar-refractivity contribution in [2.75, 3.05) is 40.3 Å². The summed E-state index contributed by atoms with van der Waals surface area (Å²) in [6, 6.07) is 7.29. The Bertz CT molecular complexity index is 1770. The number of nitrogens with zero attached hydrogens (tertiary/aromatic N) is 4. The number of rotatable bonds is 14. The molecule has 3 heterocycles. The van der Waals surface area contributed by atoms with Crippen LogP contribution in [0.15, 0.2) is 90.1 Å². The smallest absolute Gasteiger partial charge is 0.124 e. The molecule has 0 amide bonds. The van der Waals surface area contributed by atoms with Crippen LogP contribution in [0.1, 0.15) is 55.5 Å². The Kier molecular flexibility index (Phi) is 12.2. The predicted molar refractivity (Wildman–Crippen MR) is 193 cm³/mol. The van der Waals surface area contributed by atoms with E-state index in [0.29, 0.717) is 5.71 Å². The molecular weight excluding hydrogens is 571 g/mol. The number of benzene rings is 1. The van der Waals surface area contributed by atoms with E-state index in [1.54, 1.807) is 12.1 Å². The molecule has 242 valence electrons. The second-order valence-electron chi connectivity index (χ2n) is 12.1. The van der Waals surface area contributed by atoms with Crippen LogP contribution in [0.25, 0.3) is 23.5 Å². The molecule has 0 radical (unpaired) electrons. The van der Waals surface area contributed by atoms with Gasteiger partial charge in [0.05, 0.1) is 16.8 Å². The third kappa shape index (κ3) is 8.68. The monoisotopic (exact) mass is 620 g/mol. The van der Waals surface area contributed by atoms with Crippen LogP contribution in [0.5, 0.6) is 0 Å². The summed E-state index contributed by atoms with van der Waals surface area (Å²) in [7, 11) is 4.08. The number of aromatic nitrogens is 3. The summed E-state index contributed by atoms with van der Waals surface area (Å²) in [4.78, 5) is 12.8. The molecule has 6 nitrogen and oxygen atoms in total. The maximum absolute atomic E-state index is 15.0. The van der Waals surface area contributed by atoms with Crippen LogP contribution < -0.4 is 10.6 Å². The summed E-state index contributed by atoms with van der Waals surface area (Å²) in [5, 5.41) is 9.69. The first-order chi connectivity index (χ1) is 22.2. The van der Waals surface area contributed by atoms with Gasteiger partial charge in [-0.3, -0.25) is 10.1 Å². The van der Waals surface area contributed by atoms with Crippen LogP contribution in [0.4, 0.5) is 4.39 Å². The molecule has 0 bridgehead atoms. The molecule has 4 rings (SSSR count). The molecule has 0 spiro atoms. The predicted octanol–water partition coefficient (Wildman–Crippen LogP) is 6.62. The summed E-state index contributed by atoms with van der Waals surface area (Å²) in [5.41, 5.74) is 8.72. The van der Waals surface area contributed by atoms with Crippen LogP contribution in [0, 0.1) is 12.7 Å². The van der Waals surface area contributed by atoms with E-state index in [1.807, 2.05) is 53.1 Å². The van der Waals surface area contributed by atoms with E-state index in [1.165, 1.54) is 32.1 Å². The van der Waals surface area contributed by atoms with Crippen molar-refractivity contribution in [2.24, 2.45) is 4.99 Å². The van der Waals surface area contributed by atoms with Crippen molar-refractivity contribution in [1.29, 1.82) is 0 Å². The van der Waals surface area contributed by atoms with Crippen molar-refractivity contribution in [3.05, 3.63) is 124 Å². The highest BCUT2D eigenvalue weighted by molar-refractivity contribution is 6.14. The van der Waals surface area contributed by atoms with Crippen LogP contribution in [0.2, 0.25) is 0 Å². The van der Waals surface area contributed by atoms with Gasteiger partial charge >= 0.3 is 0 Å². The van der Waals surface area contributed by atoms with E-state index in [4.69, 9.17) is 5.10 Å². The quantitative estimate of drug-likeness (QED) is 0.157. The lowest BCUT2D eigenvalue weighted by Gasteiger charge is -2.14. The maximum Gasteiger partial charge on any atom is 0.124 e. The number of aryl methyl sites for hydroxylation is 2. The Morgan fingerprint density at radius 2 is 1.89 bits per heavy atom. The van der Waals surface area contributed by atoms with E-state index < -0.39 is 0 Å². The van der Waals surface area contributed by atoms with Gasteiger partial charge in [-0.15, -0.1) is 0 Å². The van der Waals surface area contributed by atoms with E-state index in [2.05, 4.69) is 68.9 Å². The molecule has 1 aromatic carbocycles. The highest BCUT2D eigenvalue weighted by Crippen LogP contribution is 2.24. The van der Waals surface area contributed by atoms with Crippen LogP contribution >= 0.6 is 0 Å². The van der Waals surface area contributed by atoms with Gasteiger partial charge in [0.25, 0.3) is 0 Å². The number of hydrogen-bond donors (Lipinski definition) is 2. The fourth-order valence-corrected chi connectivity index (χ4v) is 6.06. The van der Waals surface area contributed by atoms with Crippen molar-refractivity contribution >= 4 is 17.9 Å². The van der Waals surface area contributed by atoms with Gasteiger partial charge in [0.2, 0.25) is 0 Å². The van der Waals surface area contributed by atoms with Crippen LogP contribution in [0.3, 0.4) is 0 Å². The highest BCUT2D eigenvalue weighted by Gasteiger charge is 2.18. The SMILES string of the molecule is C=CN=C(c1cc(F)cc(CCCN2CCCC2)c1)c1cc(-c2n[nH]c(=C/C)/c2=C\C(=C)C(/C=C(\C=C)CN(C)C)=C/C)[nH]c1C. The zero-order valence-electron chi connectivity index (χ0n) is 28.2. The number of aliphatic imine (C=N–C) groups is 1. The van der Waals surface area contributed by atoms with Crippen molar-refractivity contribution in [3.63, 3.8) is 0 Å². The van der Waals surface area contributed by atoms with Crippen molar-refractivity contribution < 1.29 is 4.39 Å². The average Bonchev–Trinajstić information content (AvgIpc) is 3.78. The fraction of sp³-hybridized carbons (Fsp3) is 0.333. The van der Waals surface area contributed by atoms with Crippen LogP contribution in [-0.2, 0) is 6.42 Å². The van der Waals surface area contributed by atoms with Crippen molar-refractivity contribution in [2.45, 2.75) is 46.5 Å². The number of likely N-dealkylation sites (N-methyl/N-ethyl adjacent to an activating group) is 1. The van der Waals surface area contributed by atoms with E-state index >= 15 is 0 Å². The molecule has 2 N–H and O–H groups in total. The minimum Gasteiger partial charge on any atom is -0.357 e. The molecule has 1 aliphatic rings. The topological polar surface area (TPSA) is 63.3 Å². The first-order valence-corrected chi connectivity index (χ1v) is 16.1. The minimum absolute atomic E-state index is 0.260. The number of H-pyrrole nitrogens is 2. The molecule has 0 saturated carbocycles. The Hall–Kier alpha value is -4.33. The lowest BCUT2D eigenvalue weighted by molar-refractivity contribution is 0.334. The van der Waals surface area contributed by atoms with Gasteiger partial charge in [-0.1, -0.05) is 44.0 Å². The molecule has 0 atom stereocenters. The van der Waals surface area contributed by atoms with Crippen LogP contribution in [-0.4, -0.2) is 71.0 Å². The van der Waals surface area contributed by atoms with Gasteiger partial charge in [-0.25, -0.2) is 4.39 Å². The second kappa shape index (κ2) is 16.3. The maximum atomic E-state index is 15.0. The average molecular weight is 621 g/mol. The summed E-state index contributed by atoms with van der Waals surface area (Å²) in [5.74, 6) is -0.260. The third-order valence-corrected chi connectivity index (χ3v) is 8.34. The van der Waals surface area contributed by atoms with Gasteiger partial charge in [0, 0.05) is 34.8 Å². The van der Waals surface area contributed by atoms with Gasteiger partial charge < -0.3 is 14.8 Å². The lowest BCUT2D eigenvalue weighted by Crippen LogP contribution is -2.23. The number of aromatic amines is 2. The van der Waals surface area contributed by atoms with Gasteiger partial charge in [-0.05, 0) is 133 Å². The number of hydrogen-bond acceptors (Lipinski definition) is 4. The molecule has 0 unspecified atom stereocenters. The Morgan fingerprint density at radius 1 is 1.13 bits per heavy atom. The molecule has 3 aromatic rings. The van der Waals surface area contributed by atoms with Crippen molar-refractivity contribution in [1.82, 2.24) is 25.0 Å². The number of allylic oxidation sites excluding steroid dienone is 4. The molecule has 1 aliphatic heterocycles. The Morgan fingerprint density at radius 3 is 2.54 bits per heavy atom. The highest BCUT2D eigenvalue weighted by atomic mass is 19.1. The zero-order chi connectivity index (χ0) is 33.2. The van der Waals surface area contributed by atoms with Gasteiger partial charge in [0.15, 0.2) is 0 Å². The van der Waals surface area contributed by atoms with Gasteiger partial charge in [0.1, 0.15) is 11.5 Å². The summed E-state index contributed by atoms with van der Waals surface area (Å²) >= 11 is 0. The molecular formula is C39H49FN6. The lowest BCUT2D eigenvalue weighted by atomic mass is 9.98. The van der Waals surface area contributed by atoms with E-state index in [9.17, 15) is 4.39 Å². The fourth-order valence-electron chi connectivity index (χ4n) is 6.06. The Balaban J connectivity index is 1.69. The van der Waals surface area contributed by atoms with E-state index in [0.717, 1.165) is 87.0 Å². The molecule has 46 heavy (non-hydrogen) atoms. The number of likely N-dealkylation sites (tertiary alicyclic amines) is 1. The molecule has 0 aliphatic carbocycles. The third-order valence-electron chi connectivity index (χ3n) is 8.34. The Labute approximate surface area is 273 Å².